The molecule has 0 aromatic carbocycles. The average Bonchev–Trinajstić information content (AvgIpc) is 2.32. The standard InChI is InChI=1S/C13H27O2.HI.Mg/c1-4-6-10-14-12-15-11-7-9-13(3)8-5-2;;/h5,13H,4,6-12H2,1-3H3;1H;/q;;+1/p-1. The molecule has 0 aromatic heterocycles. The number of hydrogen-bond acceptors (Lipinski definition) is 2. The van der Waals surface area contributed by atoms with Crippen molar-refractivity contribution in [2.24, 2.45) is 5.92 Å². The van der Waals surface area contributed by atoms with Gasteiger partial charge < -0.3 is 28.3 Å². The number of ether oxygens (including phenoxy) is 2. The molecular weight excluding hydrogens is 339 g/mol. The molecule has 4 heteroatoms. The molecule has 0 aliphatic heterocycles. The minimum Gasteiger partial charge on any atom is -0.355 e. The fourth-order valence-corrected chi connectivity index (χ4v) is 3.60. The van der Waals surface area contributed by atoms with E-state index in [0.717, 1.165) is 29.6 Å². The smallest absolute Gasteiger partial charge is 0.355 e. The third kappa shape index (κ3) is 13.6. The number of rotatable bonds is 12. The molecule has 0 spiro atoms. The highest BCUT2D eigenvalue weighted by Crippen LogP contribution is 2.21. The molecule has 2 atom stereocenters. The van der Waals surface area contributed by atoms with Gasteiger partial charge in [0, 0.05) is 13.2 Å². The fraction of sp³-hybridized carbons (Fsp3) is 1.00. The molecule has 0 aromatic rings. The van der Waals surface area contributed by atoms with Crippen molar-refractivity contribution in [1.82, 2.24) is 0 Å². The van der Waals surface area contributed by atoms with E-state index in [2.05, 4.69) is 39.6 Å². The molecule has 17 heavy (non-hydrogen) atoms. The molecule has 2 nitrogen and oxygen atoms in total. The Balaban J connectivity index is 3.16. The molecular formula is C13H27IMgO2. The summed E-state index contributed by atoms with van der Waals surface area (Å²) in [6, 6.07) is 0. The van der Waals surface area contributed by atoms with Crippen LogP contribution in [0.4, 0.5) is 0 Å². The van der Waals surface area contributed by atoms with Gasteiger partial charge >= 0.3 is 16.5 Å². The monoisotopic (exact) mass is 366 g/mol. The van der Waals surface area contributed by atoms with E-state index in [0.29, 0.717) is 6.79 Å². The second-order valence-electron chi connectivity index (χ2n) is 5.03. The predicted octanol–water partition coefficient (Wildman–Crippen LogP) is 4.45. The van der Waals surface area contributed by atoms with E-state index in [1.54, 1.807) is 0 Å². The van der Waals surface area contributed by atoms with Crippen molar-refractivity contribution < 1.29 is 9.47 Å². The van der Waals surface area contributed by atoms with Crippen LogP contribution in [-0.2, 0) is 9.47 Å². The second kappa shape index (κ2) is 13.8. The summed E-state index contributed by atoms with van der Waals surface area (Å²) < 4.78 is 11.8. The summed E-state index contributed by atoms with van der Waals surface area (Å²) in [5.41, 5.74) is 0. The van der Waals surface area contributed by atoms with E-state index in [1.807, 2.05) is 0 Å². The van der Waals surface area contributed by atoms with E-state index in [-0.39, 0.29) is 16.5 Å². The van der Waals surface area contributed by atoms with E-state index < -0.39 is 0 Å². The van der Waals surface area contributed by atoms with Crippen molar-refractivity contribution in [1.29, 1.82) is 0 Å². The molecule has 2 unspecified atom stereocenters. The summed E-state index contributed by atoms with van der Waals surface area (Å²) in [7, 11) is 0. The molecule has 0 amide bonds. The summed E-state index contributed by atoms with van der Waals surface area (Å²) in [4.78, 5) is 0. The molecule has 0 radical (unpaired) electrons. The summed E-state index contributed by atoms with van der Waals surface area (Å²) in [5, 5.41) is 0. The Morgan fingerprint density at radius 2 is 1.76 bits per heavy atom. The van der Waals surface area contributed by atoms with Crippen LogP contribution in [0.3, 0.4) is 0 Å². The first kappa shape index (κ1) is 18.4. The number of halogens is 1. The van der Waals surface area contributed by atoms with Crippen LogP contribution in [0.15, 0.2) is 0 Å². The maximum Gasteiger partial charge on any atom is 0.466 e. The third-order valence-corrected chi connectivity index (χ3v) is 8.23. The van der Waals surface area contributed by atoms with Crippen LogP contribution in [0.25, 0.3) is 0 Å². The molecule has 0 fully saturated rings. The van der Waals surface area contributed by atoms with Crippen LogP contribution in [0.1, 0.15) is 52.9 Å². The lowest BCUT2D eigenvalue weighted by Gasteiger charge is -2.15. The molecule has 0 aliphatic rings. The van der Waals surface area contributed by atoms with Crippen LogP contribution in [-0.4, -0.2) is 36.5 Å². The van der Waals surface area contributed by atoms with Gasteiger partial charge in [-0.1, -0.05) is 33.6 Å². The maximum atomic E-state index is 5.45. The average molecular weight is 367 g/mol. The zero-order valence-corrected chi connectivity index (χ0v) is 15.3. The van der Waals surface area contributed by atoms with Gasteiger partial charge in [0.15, 0.2) is 0 Å². The topological polar surface area (TPSA) is 18.5 Å². The van der Waals surface area contributed by atoms with Crippen molar-refractivity contribution in [3.8, 4) is 0 Å². The molecule has 0 rings (SSSR count). The van der Waals surface area contributed by atoms with Gasteiger partial charge in [-0.3, -0.25) is 0 Å². The molecule has 0 N–H and O–H groups in total. The number of unbranched alkanes of at least 4 members (excludes halogenated alkanes) is 1. The van der Waals surface area contributed by atoms with Gasteiger partial charge in [0.25, 0.3) is 0 Å². The second-order valence-corrected chi connectivity index (χ2v) is 9.38. The van der Waals surface area contributed by atoms with Crippen molar-refractivity contribution in [3.63, 3.8) is 0 Å². The Morgan fingerprint density at radius 1 is 1.12 bits per heavy atom. The lowest BCUT2D eigenvalue weighted by Crippen LogP contribution is -2.06. The Morgan fingerprint density at radius 3 is 2.35 bits per heavy atom. The van der Waals surface area contributed by atoms with Crippen LogP contribution >= 0.6 is 18.9 Å². The zero-order valence-electron chi connectivity index (χ0n) is 11.7. The van der Waals surface area contributed by atoms with Gasteiger partial charge in [0.05, 0.1) is 0 Å². The van der Waals surface area contributed by atoms with Gasteiger partial charge in [0.2, 0.25) is 0 Å². The Kier molecular flexibility index (Phi) is 15.0. The fourth-order valence-electron chi connectivity index (χ4n) is 1.82. The first-order valence-electron chi connectivity index (χ1n) is 6.92. The summed E-state index contributed by atoms with van der Waals surface area (Å²) in [6.07, 6.45) is 6.20. The molecule has 0 bridgehead atoms. The Labute approximate surface area is 127 Å². The van der Waals surface area contributed by atoms with Crippen LogP contribution in [0.5, 0.6) is 0 Å². The molecule has 0 saturated carbocycles. The molecule has 100 valence electrons. The normalized spacial score (nSPS) is 14.4. The summed E-state index contributed by atoms with van der Waals surface area (Å²) >= 11 is 2.78. The van der Waals surface area contributed by atoms with Crippen LogP contribution in [0.2, 0.25) is 4.05 Å². The van der Waals surface area contributed by atoms with Crippen molar-refractivity contribution in [2.45, 2.75) is 56.9 Å². The molecule has 0 heterocycles. The third-order valence-electron chi connectivity index (χ3n) is 2.86. The van der Waals surface area contributed by atoms with E-state index in [1.165, 1.54) is 25.7 Å². The summed E-state index contributed by atoms with van der Waals surface area (Å²) in [6.45, 7) is 9.11. The highest BCUT2D eigenvalue weighted by atomic mass is 127. The minimum atomic E-state index is 0.169. The van der Waals surface area contributed by atoms with Gasteiger partial charge in [-0.15, -0.1) is 4.05 Å². The van der Waals surface area contributed by atoms with Crippen molar-refractivity contribution in [2.75, 3.05) is 20.0 Å². The molecule has 0 saturated heterocycles. The van der Waals surface area contributed by atoms with Gasteiger partial charge in [-0.25, -0.2) is 0 Å². The Hall–Kier alpha value is 1.42. The lowest BCUT2D eigenvalue weighted by atomic mass is 10.0. The lowest BCUT2D eigenvalue weighted by molar-refractivity contribution is -0.0558. The summed E-state index contributed by atoms with van der Waals surface area (Å²) in [5.74, 6) is 0.858. The maximum absolute atomic E-state index is 5.45. The minimum absolute atomic E-state index is 0.169. The van der Waals surface area contributed by atoms with Crippen molar-refractivity contribution >= 4 is 35.3 Å². The van der Waals surface area contributed by atoms with E-state index >= 15 is 0 Å². The first-order chi connectivity index (χ1) is 8.20. The highest BCUT2D eigenvalue weighted by molar-refractivity contribution is 14.1. The first-order valence-corrected chi connectivity index (χ1v) is 12.8. The predicted molar refractivity (Wildman–Crippen MR) is 83.9 cm³/mol. The van der Waals surface area contributed by atoms with Crippen molar-refractivity contribution in [3.05, 3.63) is 0 Å². The van der Waals surface area contributed by atoms with Gasteiger partial charge in [-0.2, -0.15) is 0 Å². The highest BCUT2D eigenvalue weighted by Gasteiger charge is 2.09. The zero-order chi connectivity index (χ0) is 12.9. The SMILES string of the molecule is CCCCOCOCCCC(C)C[CH](C)[Mg][I]. The number of hydrogen-bond donors (Lipinski definition) is 0. The van der Waals surface area contributed by atoms with Crippen LogP contribution < -0.4 is 0 Å². The van der Waals surface area contributed by atoms with E-state index in [4.69, 9.17) is 9.47 Å². The van der Waals surface area contributed by atoms with E-state index in [9.17, 15) is 0 Å². The van der Waals surface area contributed by atoms with Gasteiger partial charge in [0.1, 0.15) is 6.79 Å². The Bertz CT molecular complexity index is 158. The van der Waals surface area contributed by atoms with Crippen LogP contribution in [0, 0.1) is 5.92 Å². The largest absolute Gasteiger partial charge is 0.466 e. The molecule has 0 aliphatic carbocycles. The quantitative estimate of drug-likeness (QED) is 0.220. The van der Waals surface area contributed by atoms with Gasteiger partial charge in [-0.05, 0) is 25.2 Å².